The number of aliphatic imine (C=N–C) groups is 1. The smallest absolute Gasteiger partial charge is 0.325 e. The molecule has 4 heterocycles. The van der Waals surface area contributed by atoms with Gasteiger partial charge in [0, 0.05) is 50.0 Å². The molecule has 10 heteroatoms. The van der Waals surface area contributed by atoms with Crippen LogP contribution in [0.4, 0.5) is 22.0 Å². The van der Waals surface area contributed by atoms with Gasteiger partial charge in [-0.3, -0.25) is 14.5 Å². The van der Waals surface area contributed by atoms with Crippen LogP contribution >= 0.6 is 0 Å². The minimum Gasteiger partial charge on any atom is -0.352 e. The summed E-state index contributed by atoms with van der Waals surface area (Å²) in [5, 5.41) is 6.19. The molecule has 3 aliphatic rings. The number of nitrogens with zero attached hydrogens (tertiary/aromatic N) is 5. The second kappa shape index (κ2) is 8.77. The highest BCUT2D eigenvalue weighted by Gasteiger charge is 2.38. The van der Waals surface area contributed by atoms with Crippen LogP contribution in [0.25, 0.3) is 0 Å². The summed E-state index contributed by atoms with van der Waals surface area (Å²) in [6.45, 7) is 3.78. The highest BCUT2D eigenvalue weighted by molar-refractivity contribution is 6.21. The van der Waals surface area contributed by atoms with Gasteiger partial charge in [-0.25, -0.2) is 9.78 Å². The molecule has 5 rings (SSSR count). The fraction of sp³-hybridized carbons (Fsp3) is 0.375. The van der Waals surface area contributed by atoms with Crippen LogP contribution in [0.3, 0.4) is 0 Å². The predicted molar refractivity (Wildman–Crippen MR) is 130 cm³/mol. The monoisotopic (exact) mass is 461 g/mol. The summed E-state index contributed by atoms with van der Waals surface area (Å²) in [7, 11) is 1.77. The largest absolute Gasteiger partial charge is 0.352 e. The first-order valence-corrected chi connectivity index (χ1v) is 11.5. The van der Waals surface area contributed by atoms with Crippen LogP contribution in [0.15, 0.2) is 41.5 Å². The lowest BCUT2D eigenvalue weighted by Gasteiger charge is -2.29. The molecular formula is C24H27N7O3. The van der Waals surface area contributed by atoms with E-state index >= 15 is 0 Å². The third kappa shape index (κ3) is 3.85. The molecule has 2 N–H and O–H groups in total. The van der Waals surface area contributed by atoms with E-state index in [9.17, 15) is 14.4 Å². The van der Waals surface area contributed by atoms with Crippen molar-refractivity contribution in [2.75, 3.05) is 41.8 Å². The second-order valence-corrected chi connectivity index (χ2v) is 8.80. The third-order valence-corrected chi connectivity index (χ3v) is 6.45. The van der Waals surface area contributed by atoms with Gasteiger partial charge >= 0.3 is 6.03 Å². The van der Waals surface area contributed by atoms with Crippen LogP contribution in [0.1, 0.15) is 46.9 Å². The number of hydrogen-bond acceptors (Lipinski definition) is 6. The molecule has 3 aliphatic heterocycles. The minimum absolute atomic E-state index is 0.0244. The molecule has 1 aromatic carbocycles. The molecule has 0 aliphatic carbocycles. The summed E-state index contributed by atoms with van der Waals surface area (Å²) >= 11 is 0. The maximum atomic E-state index is 13.1. The molecule has 0 unspecified atom stereocenters. The Balaban J connectivity index is 1.59. The number of benzene rings is 1. The lowest BCUT2D eigenvalue weighted by molar-refractivity contribution is 0.0953. The third-order valence-electron chi connectivity index (χ3n) is 6.45. The zero-order valence-corrected chi connectivity index (χ0v) is 19.2. The van der Waals surface area contributed by atoms with Crippen LogP contribution < -0.4 is 20.4 Å². The van der Waals surface area contributed by atoms with E-state index in [0.29, 0.717) is 42.5 Å². The Hall–Kier alpha value is -3.95. The van der Waals surface area contributed by atoms with E-state index in [1.165, 1.54) is 0 Å². The van der Waals surface area contributed by atoms with Crippen LogP contribution in [-0.4, -0.2) is 66.4 Å². The number of rotatable bonds is 1. The highest BCUT2D eigenvalue weighted by Crippen LogP contribution is 2.42. The normalized spacial score (nSPS) is 22.4. The number of likely N-dealkylation sites (N-methyl/N-ethyl adjacent to an activating group) is 1. The van der Waals surface area contributed by atoms with Gasteiger partial charge in [0.05, 0.1) is 5.69 Å². The highest BCUT2D eigenvalue weighted by atomic mass is 16.2. The number of anilines is 3. The van der Waals surface area contributed by atoms with E-state index in [2.05, 4.69) is 27.5 Å². The predicted octanol–water partition coefficient (Wildman–Crippen LogP) is 2.68. The van der Waals surface area contributed by atoms with Crippen molar-refractivity contribution in [3.05, 3.63) is 47.7 Å². The van der Waals surface area contributed by atoms with E-state index in [1.54, 1.807) is 47.3 Å². The molecule has 1 aromatic heterocycles. The Kier molecular flexibility index (Phi) is 5.64. The average Bonchev–Trinajstić information content (AvgIpc) is 3.37. The van der Waals surface area contributed by atoms with Gasteiger partial charge in [-0.15, -0.1) is 0 Å². The van der Waals surface area contributed by atoms with Gasteiger partial charge in [0.15, 0.2) is 5.82 Å². The van der Waals surface area contributed by atoms with E-state index < -0.39 is 5.91 Å². The van der Waals surface area contributed by atoms with Crippen molar-refractivity contribution >= 4 is 41.0 Å². The van der Waals surface area contributed by atoms with Crippen molar-refractivity contribution in [1.82, 2.24) is 15.2 Å². The first-order chi connectivity index (χ1) is 16.4. The SMILES string of the molecule is C[C@H]1CCCCNC(=O)c2cccc(c2)C(=O)/N=C2\Nc3ccnc(N4CCN(C)C4=O)c3N21. The number of hydrogen-bond donors (Lipinski definition) is 2. The van der Waals surface area contributed by atoms with Crippen molar-refractivity contribution in [2.45, 2.75) is 32.2 Å². The number of nitrogens with one attached hydrogen (secondary N) is 2. The number of urea groups is 1. The van der Waals surface area contributed by atoms with E-state index in [4.69, 9.17) is 0 Å². The van der Waals surface area contributed by atoms with Crippen LogP contribution in [0.2, 0.25) is 0 Å². The van der Waals surface area contributed by atoms with Crippen LogP contribution in [0, 0.1) is 0 Å². The Morgan fingerprint density at radius 3 is 2.68 bits per heavy atom. The molecule has 0 radical (unpaired) electrons. The summed E-state index contributed by atoms with van der Waals surface area (Å²) in [5.41, 5.74) is 2.26. The number of pyridine rings is 1. The van der Waals surface area contributed by atoms with Gasteiger partial charge in [0.1, 0.15) is 5.69 Å². The number of aromatic nitrogens is 1. The first kappa shape index (κ1) is 21.9. The van der Waals surface area contributed by atoms with Gasteiger partial charge in [-0.2, -0.15) is 4.99 Å². The minimum atomic E-state index is -0.453. The Labute approximate surface area is 197 Å². The fourth-order valence-electron chi connectivity index (χ4n) is 4.57. The summed E-state index contributed by atoms with van der Waals surface area (Å²) in [6.07, 6.45) is 4.15. The summed E-state index contributed by atoms with van der Waals surface area (Å²) in [5.74, 6) is 0.301. The number of guanidine groups is 1. The molecule has 1 saturated heterocycles. The lowest BCUT2D eigenvalue weighted by Crippen LogP contribution is -2.40. The number of carbonyl (C=O) groups excluding carboxylic acids is 3. The zero-order valence-electron chi connectivity index (χ0n) is 19.2. The number of amides is 4. The fourth-order valence-corrected chi connectivity index (χ4v) is 4.57. The van der Waals surface area contributed by atoms with Crippen molar-refractivity contribution in [3.63, 3.8) is 0 Å². The van der Waals surface area contributed by atoms with Crippen molar-refractivity contribution in [3.8, 4) is 0 Å². The molecule has 34 heavy (non-hydrogen) atoms. The van der Waals surface area contributed by atoms with Gasteiger partial charge in [0.25, 0.3) is 11.8 Å². The van der Waals surface area contributed by atoms with Gasteiger partial charge in [0.2, 0.25) is 5.96 Å². The Bertz CT molecular complexity index is 1190. The molecule has 1 atom stereocenters. The van der Waals surface area contributed by atoms with Gasteiger partial charge in [-0.1, -0.05) is 6.07 Å². The van der Waals surface area contributed by atoms with Crippen molar-refractivity contribution in [2.24, 2.45) is 4.99 Å². The summed E-state index contributed by atoms with van der Waals surface area (Å²) in [4.78, 5) is 52.6. The number of fused-ring (bicyclic) bond motifs is 5. The zero-order chi connectivity index (χ0) is 23.8. The molecule has 0 saturated carbocycles. The number of carbonyl (C=O) groups is 3. The quantitative estimate of drug-likeness (QED) is 0.676. The standard InChI is InChI=1S/C24H27N7O3/c1-15-6-3-4-10-26-21(32)16-7-5-8-17(14-16)22(33)28-23-27-18-9-11-25-20(19(18)31(15)23)30-13-12-29(2)24(30)34/h5,7-9,11,14-15H,3-4,6,10,12-13H2,1-2H3,(H,26,32)(H,27,28,33)/t15-/m0/s1. The summed E-state index contributed by atoms with van der Waals surface area (Å²) < 4.78 is 0. The van der Waals surface area contributed by atoms with Gasteiger partial charge in [-0.05, 0) is 50.5 Å². The molecule has 2 aromatic rings. The Morgan fingerprint density at radius 2 is 1.88 bits per heavy atom. The van der Waals surface area contributed by atoms with Crippen LogP contribution in [-0.2, 0) is 0 Å². The first-order valence-electron chi connectivity index (χ1n) is 11.5. The Morgan fingerprint density at radius 1 is 1.06 bits per heavy atom. The molecular weight excluding hydrogens is 434 g/mol. The van der Waals surface area contributed by atoms with Crippen LogP contribution in [0.5, 0.6) is 0 Å². The summed E-state index contributed by atoms with van der Waals surface area (Å²) in [6, 6.07) is 8.28. The van der Waals surface area contributed by atoms with Crippen molar-refractivity contribution < 1.29 is 14.4 Å². The molecule has 0 spiro atoms. The lowest BCUT2D eigenvalue weighted by atomic mass is 10.1. The van der Waals surface area contributed by atoms with E-state index in [-0.39, 0.29) is 18.0 Å². The maximum absolute atomic E-state index is 13.1. The van der Waals surface area contributed by atoms with E-state index in [0.717, 1.165) is 30.6 Å². The van der Waals surface area contributed by atoms with Crippen molar-refractivity contribution in [1.29, 1.82) is 0 Å². The second-order valence-electron chi connectivity index (χ2n) is 8.80. The topological polar surface area (TPSA) is 110 Å². The van der Waals surface area contributed by atoms with Gasteiger partial charge < -0.3 is 20.4 Å². The maximum Gasteiger partial charge on any atom is 0.325 e. The molecule has 1 fully saturated rings. The average molecular weight is 462 g/mol. The molecule has 10 nitrogen and oxygen atoms in total. The molecule has 2 bridgehead atoms. The van der Waals surface area contributed by atoms with E-state index in [1.807, 2.05) is 11.0 Å². The molecule has 4 amide bonds. The molecule has 176 valence electrons.